The summed E-state index contributed by atoms with van der Waals surface area (Å²) in [7, 11) is 0. The van der Waals surface area contributed by atoms with E-state index in [2.05, 4.69) is 10.6 Å². The highest BCUT2D eigenvalue weighted by molar-refractivity contribution is 5.85. The molecule has 2 rings (SSSR count). The molecule has 0 bridgehead atoms. The Morgan fingerprint density at radius 2 is 0.962 bits per heavy atom. The number of hydrogen-bond donors (Lipinski definition) is 2. The van der Waals surface area contributed by atoms with Crippen LogP contribution in [-0.4, -0.2) is 36.8 Å². The molecule has 2 amide bonds. The molecule has 142 valence electrons. The van der Waals surface area contributed by atoms with Crippen LogP contribution in [0.25, 0.3) is 0 Å². The van der Waals surface area contributed by atoms with E-state index in [0.717, 1.165) is 0 Å². The second-order valence-corrected chi connectivity index (χ2v) is 6.53. The first-order valence-electron chi connectivity index (χ1n) is 8.69. The highest BCUT2D eigenvalue weighted by Gasteiger charge is 2.31. The zero-order valence-electron chi connectivity index (χ0n) is 14.3. The molecule has 0 heterocycles. The molecule has 0 spiro atoms. The van der Waals surface area contributed by atoms with Gasteiger partial charge in [0.25, 0.3) is 0 Å². The minimum absolute atomic E-state index is 0.128. The molecule has 4 atom stereocenters. The standard InChI is InChI=1S/C18H24N2O6/c21-15(11-5-1-3-7-13(11)17(23)24)19-9-10-20-16(22)12-6-2-4-8-14(12)18(25)26/h1-4,11-14H,5-10H2,(H,19,21)(H,20,22)(H,23,24)(H,25,26)/p-2/t11-,12-,13+,14+/m0/s1. The van der Waals surface area contributed by atoms with Crippen molar-refractivity contribution in [2.45, 2.75) is 25.7 Å². The number of aliphatic carboxylic acids is 2. The number of carbonyl (C=O) groups excluding carboxylic acids is 4. The number of carboxylic acids is 2. The fraction of sp³-hybridized carbons (Fsp3) is 0.556. The van der Waals surface area contributed by atoms with Crippen molar-refractivity contribution in [1.82, 2.24) is 10.6 Å². The summed E-state index contributed by atoms with van der Waals surface area (Å²) in [5.74, 6) is -6.38. The Hall–Kier alpha value is -2.64. The summed E-state index contributed by atoms with van der Waals surface area (Å²) in [5, 5.41) is 27.4. The van der Waals surface area contributed by atoms with Crippen LogP contribution in [0, 0.1) is 23.7 Å². The van der Waals surface area contributed by atoms with Crippen LogP contribution in [0.4, 0.5) is 0 Å². The van der Waals surface area contributed by atoms with E-state index >= 15 is 0 Å². The lowest BCUT2D eigenvalue weighted by molar-refractivity contribution is -0.314. The largest absolute Gasteiger partial charge is 0.550 e. The molecule has 0 unspecified atom stereocenters. The number of hydrogen-bond acceptors (Lipinski definition) is 6. The highest BCUT2D eigenvalue weighted by Crippen LogP contribution is 2.26. The molecular weight excluding hydrogens is 340 g/mol. The average Bonchev–Trinajstić information content (AvgIpc) is 2.64. The molecule has 0 aromatic rings. The fourth-order valence-corrected chi connectivity index (χ4v) is 3.36. The maximum atomic E-state index is 12.2. The molecule has 0 aromatic carbocycles. The first-order valence-corrected chi connectivity index (χ1v) is 8.69. The maximum absolute atomic E-state index is 12.2. The van der Waals surface area contributed by atoms with Crippen molar-refractivity contribution in [1.29, 1.82) is 0 Å². The summed E-state index contributed by atoms with van der Waals surface area (Å²) in [6, 6.07) is 0. The fourth-order valence-electron chi connectivity index (χ4n) is 3.36. The monoisotopic (exact) mass is 362 g/mol. The molecule has 2 aliphatic carbocycles. The lowest BCUT2D eigenvalue weighted by Crippen LogP contribution is -2.47. The molecule has 26 heavy (non-hydrogen) atoms. The van der Waals surface area contributed by atoms with E-state index in [1.54, 1.807) is 24.3 Å². The van der Waals surface area contributed by atoms with Gasteiger partial charge in [-0.3, -0.25) is 9.59 Å². The maximum Gasteiger partial charge on any atom is 0.224 e. The van der Waals surface area contributed by atoms with E-state index in [1.165, 1.54) is 0 Å². The van der Waals surface area contributed by atoms with Gasteiger partial charge in [-0.05, 0) is 25.7 Å². The van der Waals surface area contributed by atoms with Gasteiger partial charge < -0.3 is 30.4 Å². The van der Waals surface area contributed by atoms with Crippen molar-refractivity contribution in [3.63, 3.8) is 0 Å². The van der Waals surface area contributed by atoms with Gasteiger partial charge in [0.2, 0.25) is 11.8 Å². The number of allylic oxidation sites excluding steroid dienone is 4. The first-order chi connectivity index (χ1) is 12.4. The number of carboxylic acid groups (broad SMARTS) is 2. The molecular formula is C18H22N2O6-2. The molecule has 8 heteroatoms. The van der Waals surface area contributed by atoms with Crippen LogP contribution in [0.2, 0.25) is 0 Å². The summed E-state index contributed by atoms with van der Waals surface area (Å²) in [4.78, 5) is 46.5. The number of amides is 2. The Morgan fingerprint density at radius 3 is 1.27 bits per heavy atom. The molecule has 0 saturated carbocycles. The number of nitrogens with one attached hydrogen (secondary N) is 2. The van der Waals surface area contributed by atoms with Crippen molar-refractivity contribution < 1.29 is 29.4 Å². The molecule has 8 nitrogen and oxygen atoms in total. The predicted octanol–water partition coefficient (Wildman–Crippen LogP) is -2.12. The third kappa shape index (κ3) is 4.93. The Bertz CT molecular complexity index is 573. The van der Waals surface area contributed by atoms with Gasteiger partial charge in [0, 0.05) is 48.7 Å². The van der Waals surface area contributed by atoms with Gasteiger partial charge in [-0.2, -0.15) is 0 Å². The van der Waals surface area contributed by atoms with Gasteiger partial charge in [-0.1, -0.05) is 24.3 Å². The summed E-state index contributed by atoms with van der Waals surface area (Å²) < 4.78 is 0. The zero-order chi connectivity index (χ0) is 19.1. The van der Waals surface area contributed by atoms with Gasteiger partial charge in [0.15, 0.2) is 0 Å². The third-order valence-corrected chi connectivity index (χ3v) is 4.87. The molecule has 0 saturated heterocycles. The van der Waals surface area contributed by atoms with Crippen LogP contribution >= 0.6 is 0 Å². The topological polar surface area (TPSA) is 138 Å². The Morgan fingerprint density at radius 1 is 0.654 bits per heavy atom. The molecule has 0 fully saturated rings. The van der Waals surface area contributed by atoms with Crippen LogP contribution in [0.15, 0.2) is 24.3 Å². The third-order valence-electron chi connectivity index (χ3n) is 4.87. The van der Waals surface area contributed by atoms with Gasteiger partial charge in [0.1, 0.15) is 0 Å². The SMILES string of the molecule is O=C(NCCNC(=O)[C@H]1CC=CC[C@H]1C(=O)[O-])[C@H]1CC=CC[C@H]1C(=O)[O-]. The van der Waals surface area contributed by atoms with Gasteiger partial charge >= 0.3 is 0 Å². The summed E-state index contributed by atoms with van der Waals surface area (Å²) >= 11 is 0. The Labute approximate surface area is 151 Å². The highest BCUT2D eigenvalue weighted by atomic mass is 16.4. The van der Waals surface area contributed by atoms with Crippen molar-refractivity contribution in [2.24, 2.45) is 23.7 Å². The Kier molecular flexibility index (Phi) is 6.94. The zero-order valence-corrected chi connectivity index (χ0v) is 14.3. The van der Waals surface area contributed by atoms with Crippen molar-refractivity contribution in [2.75, 3.05) is 13.1 Å². The van der Waals surface area contributed by atoms with E-state index in [1.807, 2.05) is 0 Å². The van der Waals surface area contributed by atoms with Crippen molar-refractivity contribution in [3.8, 4) is 0 Å². The van der Waals surface area contributed by atoms with E-state index in [4.69, 9.17) is 0 Å². The van der Waals surface area contributed by atoms with E-state index in [9.17, 15) is 29.4 Å². The lowest BCUT2D eigenvalue weighted by atomic mass is 9.82. The van der Waals surface area contributed by atoms with E-state index in [-0.39, 0.29) is 25.9 Å². The summed E-state index contributed by atoms with van der Waals surface area (Å²) in [5.41, 5.74) is 0. The van der Waals surface area contributed by atoms with E-state index in [0.29, 0.717) is 12.8 Å². The number of rotatable bonds is 7. The van der Waals surface area contributed by atoms with Crippen LogP contribution in [-0.2, 0) is 19.2 Å². The van der Waals surface area contributed by atoms with Crippen LogP contribution in [0.3, 0.4) is 0 Å². The molecule has 0 aliphatic heterocycles. The second-order valence-electron chi connectivity index (χ2n) is 6.53. The van der Waals surface area contributed by atoms with E-state index < -0.39 is 47.4 Å². The summed E-state index contributed by atoms with van der Waals surface area (Å²) in [6.07, 6.45) is 8.16. The second kappa shape index (κ2) is 9.17. The average molecular weight is 362 g/mol. The quantitative estimate of drug-likeness (QED) is 0.392. The minimum atomic E-state index is -1.25. The number of carbonyl (C=O) groups is 4. The molecule has 2 N–H and O–H groups in total. The van der Waals surface area contributed by atoms with Crippen molar-refractivity contribution in [3.05, 3.63) is 24.3 Å². The predicted molar refractivity (Wildman–Crippen MR) is 86.7 cm³/mol. The first kappa shape index (κ1) is 19.7. The molecule has 0 aromatic heterocycles. The summed E-state index contributed by atoms with van der Waals surface area (Å²) in [6.45, 7) is 0.256. The normalized spacial score (nSPS) is 27.5. The lowest BCUT2D eigenvalue weighted by Gasteiger charge is -2.29. The minimum Gasteiger partial charge on any atom is -0.550 e. The Balaban J connectivity index is 1.77. The van der Waals surface area contributed by atoms with Gasteiger partial charge in [-0.15, -0.1) is 0 Å². The van der Waals surface area contributed by atoms with Gasteiger partial charge in [-0.25, -0.2) is 0 Å². The van der Waals surface area contributed by atoms with Crippen LogP contribution in [0.1, 0.15) is 25.7 Å². The molecule has 0 radical (unpaired) electrons. The smallest absolute Gasteiger partial charge is 0.224 e. The van der Waals surface area contributed by atoms with Crippen LogP contribution in [0.5, 0.6) is 0 Å². The van der Waals surface area contributed by atoms with Gasteiger partial charge in [0.05, 0.1) is 0 Å². The van der Waals surface area contributed by atoms with Crippen LogP contribution < -0.4 is 20.8 Å². The van der Waals surface area contributed by atoms with Crippen molar-refractivity contribution >= 4 is 23.8 Å². The molecule has 2 aliphatic rings.